The van der Waals surface area contributed by atoms with Crippen molar-refractivity contribution < 1.29 is 4.92 Å². The lowest BCUT2D eigenvalue weighted by Crippen LogP contribution is -2.11. The summed E-state index contributed by atoms with van der Waals surface area (Å²) in [5, 5.41) is 29.8. The Kier molecular flexibility index (Phi) is 4.63. The summed E-state index contributed by atoms with van der Waals surface area (Å²) in [5.41, 5.74) is 3.09. The van der Waals surface area contributed by atoms with Gasteiger partial charge in [-0.2, -0.15) is 4.52 Å². The van der Waals surface area contributed by atoms with Gasteiger partial charge in [0.05, 0.1) is 4.92 Å². The molecule has 2 aromatic heterocycles. The Morgan fingerprint density at radius 2 is 1.69 bits per heavy atom. The number of hydrogen-bond donors (Lipinski definition) is 1. The van der Waals surface area contributed by atoms with E-state index in [1.54, 1.807) is 16.6 Å². The number of benzene rings is 3. The zero-order chi connectivity index (χ0) is 22.2. The standard InChI is InChI=1S/C23H19N7O2/c1-28(2)20-13-6-5-12-19(20)23-26-25-22-18-11-4-3-10-17(18)21(27-29(22)23)24-15-8-7-9-16(14-15)30(31)32/h3-14H,1-2H3,(H,24,27). The highest BCUT2D eigenvalue weighted by Gasteiger charge is 2.18. The van der Waals surface area contributed by atoms with Crippen LogP contribution in [0.15, 0.2) is 72.8 Å². The van der Waals surface area contributed by atoms with Crippen LogP contribution in [0.25, 0.3) is 27.8 Å². The van der Waals surface area contributed by atoms with E-state index in [-0.39, 0.29) is 5.69 Å². The van der Waals surface area contributed by atoms with Gasteiger partial charge in [-0.15, -0.1) is 15.3 Å². The van der Waals surface area contributed by atoms with Gasteiger partial charge in [0.1, 0.15) is 0 Å². The van der Waals surface area contributed by atoms with Crippen molar-refractivity contribution in [3.8, 4) is 11.4 Å². The van der Waals surface area contributed by atoms with Crippen molar-refractivity contribution in [1.82, 2.24) is 19.8 Å². The number of nitro benzene ring substituents is 1. The van der Waals surface area contributed by atoms with Gasteiger partial charge in [-0.25, -0.2) is 0 Å². The van der Waals surface area contributed by atoms with Gasteiger partial charge >= 0.3 is 0 Å². The summed E-state index contributed by atoms with van der Waals surface area (Å²) in [7, 11) is 3.94. The van der Waals surface area contributed by atoms with E-state index in [4.69, 9.17) is 5.10 Å². The molecule has 5 aromatic rings. The smallest absolute Gasteiger partial charge is 0.271 e. The van der Waals surface area contributed by atoms with Crippen LogP contribution in [0.3, 0.4) is 0 Å². The number of nitro groups is 1. The molecule has 0 unspecified atom stereocenters. The molecular formula is C23H19N7O2. The second-order valence-electron chi connectivity index (χ2n) is 7.50. The fourth-order valence-corrected chi connectivity index (χ4v) is 3.73. The molecule has 0 bridgehead atoms. The molecule has 2 heterocycles. The van der Waals surface area contributed by atoms with Crippen LogP contribution < -0.4 is 10.2 Å². The maximum absolute atomic E-state index is 11.2. The Bertz CT molecular complexity index is 1480. The minimum Gasteiger partial charge on any atom is -0.377 e. The van der Waals surface area contributed by atoms with Crippen LogP contribution in [0, 0.1) is 10.1 Å². The van der Waals surface area contributed by atoms with Crippen molar-refractivity contribution in [2.45, 2.75) is 0 Å². The summed E-state index contributed by atoms with van der Waals surface area (Å²) in [5.74, 6) is 1.16. The molecule has 0 saturated heterocycles. The monoisotopic (exact) mass is 425 g/mol. The first-order valence-electron chi connectivity index (χ1n) is 9.95. The number of nitrogens with zero attached hydrogens (tertiary/aromatic N) is 6. The molecule has 158 valence electrons. The molecule has 0 aliphatic heterocycles. The van der Waals surface area contributed by atoms with Crippen LogP contribution in [0.4, 0.5) is 22.9 Å². The zero-order valence-electron chi connectivity index (χ0n) is 17.4. The summed E-state index contributed by atoms with van der Waals surface area (Å²) in [6.07, 6.45) is 0. The lowest BCUT2D eigenvalue weighted by Gasteiger charge is -2.16. The van der Waals surface area contributed by atoms with Gasteiger partial charge in [0.2, 0.25) is 0 Å². The zero-order valence-corrected chi connectivity index (χ0v) is 17.4. The van der Waals surface area contributed by atoms with Crippen LogP contribution in [0.1, 0.15) is 0 Å². The van der Waals surface area contributed by atoms with Crippen molar-refractivity contribution >= 4 is 39.3 Å². The fraction of sp³-hybridized carbons (Fsp3) is 0.0870. The van der Waals surface area contributed by atoms with Crippen LogP contribution in [-0.4, -0.2) is 38.8 Å². The molecule has 3 aromatic carbocycles. The maximum atomic E-state index is 11.2. The normalized spacial score (nSPS) is 11.1. The molecule has 0 fully saturated rings. The molecule has 0 aliphatic carbocycles. The largest absolute Gasteiger partial charge is 0.377 e. The first kappa shape index (κ1) is 19.4. The Morgan fingerprint density at radius 3 is 2.47 bits per heavy atom. The Labute approximate surface area is 183 Å². The van der Waals surface area contributed by atoms with Crippen LogP contribution in [-0.2, 0) is 0 Å². The van der Waals surface area contributed by atoms with Crippen molar-refractivity contribution in [1.29, 1.82) is 0 Å². The molecule has 32 heavy (non-hydrogen) atoms. The number of nitrogens with one attached hydrogen (secondary N) is 1. The Morgan fingerprint density at radius 1 is 0.938 bits per heavy atom. The first-order chi connectivity index (χ1) is 15.5. The second-order valence-corrected chi connectivity index (χ2v) is 7.50. The number of rotatable bonds is 5. The quantitative estimate of drug-likeness (QED) is 0.323. The SMILES string of the molecule is CN(C)c1ccccc1-c1nnc2c3ccccc3c(Nc3cccc([N+](=O)[O-])c3)nn12. The van der Waals surface area contributed by atoms with Crippen molar-refractivity contribution in [2.24, 2.45) is 0 Å². The molecule has 0 radical (unpaired) electrons. The van der Waals surface area contributed by atoms with E-state index in [0.29, 0.717) is 23.0 Å². The van der Waals surface area contributed by atoms with E-state index >= 15 is 0 Å². The molecule has 0 atom stereocenters. The van der Waals surface area contributed by atoms with Gasteiger partial charge in [0.15, 0.2) is 17.3 Å². The molecule has 0 amide bonds. The van der Waals surface area contributed by atoms with E-state index < -0.39 is 4.92 Å². The van der Waals surface area contributed by atoms with Crippen molar-refractivity contribution in [3.63, 3.8) is 0 Å². The van der Waals surface area contributed by atoms with Crippen LogP contribution >= 0.6 is 0 Å². The van der Waals surface area contributed by atoms with E-state index in [9.17, 15) is 10.1 Å². The first-order valence-corrected chi connectivity index (χ1v) is 9.95. The molecular weight excluding hydrogens is 406 g/mol. The highest BCUT2D eigenvalue weighted by atomic mass is 16.6. The molecule has 9 nitrogen and oxygen atoms in total. The topological polar surface area (TPSA) is 101 Å². The summed E-state index contributed by atoms with van der Waals surface area (Å²) in [6.45, 7) is 0. The predicted molar refractivity (Wildman–Crippen MR) is 124 cm³/mol. The Balaban J connectivity index is 1.73. The van der Waals surface area contributed by atoms with Gasteiger partial charge in [0.25, 0.3) is 5.69 Å². The molecule has 1 N–H and O–H groups in total. The fourth-order valence-electron chi connectivity index (χ4n) is 3.73. The van der Waals surface area contributed by atoms with Crippen molar-refractivity contribution in [2.75, 3.05) is 24.3 Å². The third kappa shape index (κ3) is 3.25. The van der Waals surface area contributed by atoms with Crippen LogP contribution in [0.5, 0.6) is 0 Å². The lowest BCUT2D eigenvalue weighted by molar-refractivity contribution is -0.384. The van der Waals surface area contributed by atoms with Gasteiger partial charge in [-0.1, -0.05) is 42.5 Å². The number of anilines is 3. The Hall–Kier alpha value is -4.53. The second kappa shape index (κ2) is 7.62. The summed E-state index contributed by atoms with van der Waals surface area (Å²) in [6, 6.07) is 22.0. The highest BCUT2D eigenvalue weighted by molar-refractivity contribution is 6.01. The average molecular weight is 425 g/mol. The number of non-ortho nitro benzene ring substituents is 1. The lowest BCUT2D eigenvalue weighted by atomic mass is 10.1. The highest BCUT2D eigenvalue weighted by Crippen LogP contribution is 2.32. The number of hydrogen-bond acceptors (Lipinski definition) is 7. The summed E-state index contributed by atoms with van der Waals surface area (Å²) in [4.78, 5) is 12.8. The van der Waals surface area contributed by atoms with E-state index in [1.165, 1.54) is 12.1 Å². The number of fused-ring (bicyclic) bond motifs is 3. The minimum absolute atomic E-state index is 0.00489. The number of aromatic nitrogens is 4. The van der Waals surface area contributed by atoms with E-state index in [2.05, 4.69) is 15.5 Å². The van der Waals surface area contributed by atoms with Gasteiger partial charge in [-0.05, 0) is 18.2 Å². The van der Waals surface area contributed by atoms with Crippen molar-refractivity contribution in [3.05, 3.63) is 82.9 Å². The van der Waals surface area contributed by atoms with Gasteiger partial charge < -0.3 is 10.2 Å². The molecule has 5 rings (SSSR count). The minimum atomic E-state index is -0.421. The predicted octanol–water partition coefficient (Wildman–Crippen LogP) is 4.66. The summed E-state index contributed by atoms with van der Waals surface area (Å²) < 4.78 is 1.71. The van der Waals surface area contributed by atoms with Crippen LogP contribution in [0.2, 0.25) is 0 Å². The molecule has 0 aliphatic rings. The summed E-state index contributed by atoms with van der Waals surface area (Å²) >= 11 is 0. The van der Waals surface area contributed by atoms with E-state index in [1.807, 2.05) is 67.5 Å². The molecule has 0 spiro atoms. The third-order valence-corrected chi connectivity index (χ3v) is 5.21. The average Bonchev–Trinajstić information content (AvgIpc) is 3.23. The number of para-hydroxylation sites is 1. The van der Waals surface area contributed by atoms with Gasteiger partial charge in [-0.3, -0.25) is 10.1 Å². The molecule has 0 saturated carbocycles. The third-order valence-electron chi connectivity index (χ3n) is 5.21. The van der Waals surface area contributed by atoms with Gasteiger partial charge in [0, 0.05) is 53.9 Å². The van der Waals surface area contributed by atoms with E-state index in [0.717, 1.165) is 22.0 Å². The molecule has 9 heteroatoms. The maximum Gasteiger partial charge on any atom is 0.271 e.